The summed E-state index contributed by atoms with van der Waals surface area (Å²) >= 11 is 1.73. The minimum Gasteiger partial charge on any atom is -0.241 e. The summed E-state index contributed by atoms with van der Waals surface area (Å²) in [6.45, 7) is 2.13. The Morgan fingerprint density at radius 2 is 2.36 bits per heavy atom. The van der Waals surface area contributed by atoms with Crippen LogP contribution in [0.15, 0.2) is 35.8 Å². The van der Waals surface area contributed by atoms with Gasteiger partial charge in [-0.3, -0.25) is 0 Å². The number of allylic oxidation sites excluding steroid dienone is 6. The predicted octanol–water partition coefficient (Wildman–Crippen LogP) is 3.61. The second kappa shape index (κ2) is 4.38. The molecule has 2 rings (SSSR count). The molecule has 1 aromatic heterocycles. The van der Waals surface area contributed by atoms with E-state index in [0.717, 1.165) is 17.8 Å². The Balaban J connectivity index is 2.29. The number of hydrogen-bond donors (Lipinski definition) is 0. The van der Waals surface area contributed by atoms with Crippen LogP contribution in [0.2, 0.25) is 0 Å². The van der Waals surface area contributed by atoms with Gasteiger partial charge in [-0.15, -0.1) is 11.3 Å². The third-order valence-electron chi connectivity index (χ3n) is 2.14. The van der Waals surface area contributed by atoms with Gasteiger partial charge in [0.1, 0.15) is 5.01 Å². The van der Waals surface area contributed by atoms with Crippen molar-refractivity contribution in [1.82, 2.24) is 4.98 Å². The van der Waals surface area contributed by atoms with Crippen LogP contribution in [0.4, 0.5) is 0 Å². The molecule has 0 amide bonds. The third-order valence-corrected chi connectivity index (χ3v) is 3.08. The van der Waals surface area contributed by atoms with E-state index in [2.05, 4.69) is 47.7 Å². The summed E-state index contributed by atoms with van der Waals surface area (Å²) in [5, 5.41) is 3.27. The lowest BCUT2D eigenvalue weighted by molar-refractivity contribution is 1.06. The molecule has 1 aromatic rings. The highest BCUT2D eigenvalue weighted by Gasteiger charge is 2.03. The van der Waals surface area contributed by atoms with Crippen molar-refractivity contribution in [2.75, 3.05) is 0 Å². The van der Waals surface area contributed by atoms with Crippen LogP contribution in [-0.2, 0) is 6.42 Å². The molecule has 1 heterocycles. The van der Waals surface area contributed by atoms with Crippen LogP contribution in [-0.4, -0.2) is 4.98 Å². The maximum absolute atomic E-state index is 4.56. The quantitative estimate of drug-likeness (QED) is 0.715. The van der Waals surface area contributed by atoms with Gasteiger partial charge in [0.25, 0.3) is 0 Å². The molecule has 14 heavy (non-hydrogen) atoms. The minimum atomic E-state index is 1.02. The molecule has 1 aliphatic rings. The molecule has 0 spiro atoms. The summed E-state index contributed by atoms with van der Waals surface area (Å²) in [5.74, 6) is 0. The number of rotatable bonds is 2. The van der Waals surface area contributed by atoms with E-state index in [4.69, 9.17) is 0 Å². The van der Waals surface area contributed by atoms with E-state index >= 15 is 0 Å². The molecule has 0 bridgehead atoms. The van der Waals surface area contributed by atoms with Gasteiger partial charge in [-0.25, -0.2) is 4.98 Å². The maximum Gasteiger partial charge on any atom is 0.123 e. The van der Waals surface area contributed by atoms with Gasteiger partial charge in [0.15, 0.2) is 0 Å². The minimum absolute atomic E-state index is 1.02. The number of hydrogen-bond acceptors (Lipinski definition) is 2. The monoisotopic (exact) mass is 203 g/mol. The Morgan fingerprint density at radius 1 is 1.43 bits per heavy atom. The van der Waals surface area contributed by atoms with Crippen LogP contribution in [0.5, 0.6) is 0 Å². The van der Waals surface area contributed by atoms with Crippen molar-refractivity contribution in [2.45, 2.75) is 19.8 Å². The van der Waals surface area contributed by atoms with Gasteiger partial charge in [-0.05, 0) is 12.8 Å². The fourth-order valence-electron chi connectivity index (χ4n) is 1.32. The van der Waals surface area contributed by atoms with Gasteiger partial charge in [0.2, 0.25) is 0 Å². The van der Waals surface area contributed by atoms with Crippen molar-refractivity contribution < 1.29 is 0 Å². The first kappa shape index (κ1) is 9.41. The predicted molar refractivity (Wildman–Crippen MR) is 62.4 cm³/mol. The first-order chi connectivity index (χ1) is 6.90. The topological polar surface area (TPSA) is 12.9 Å². The van der Waals surface area contributed by atoms with E-state index in [1.807, 2.05) is 0 Å². The lowest BCUT2D eigenvalue weighted by Gasteiger charge is -1.93. The molecule has 0 N–H and O–H groups in total. The molecule has 1 aliphatic carbocycles. The van der Waals surface area contributed by atoms with Gasteiger partial charge in [-0.1, -0.05) is 37.3 Å². The molecule has 72 valence electrons. The Hall–Kier alpha value is -1.15. The van der Waals surface area contributed by atoms with E-state index in [-0.39, 0.29) is 0 Å². The second-order valence-electron chi connectivity index (χ2n) is 3.19. The summed E-state index contributed by atoms with van der Waals surface area (Å²) in [6.07, 6.45) is 12.7. The van der Waals surface area contributed by atoms with Crippen LogP contribution in [0.1, 0.15) is 24.0 Å². The van der Waals surface area contributed by atoms with Crippen molar-refractivity contribution in [2.24, 2.45) is 0 Å². The van der Waals surface area contributed by atoms with Crippen LogP contribution in [0.3, 0.4) is 0 Å². The third kappa shape index (κ3) is 2.02. The summed E-state index contributed by atoms with van der Waals surface area (Å²) in [6, 6.07) is 0. The standard InChI is InChI=1S/C12H13NS/c1-2-11-9-14-12(13-11)10-7-5-3-4-6-8-10/h3,5-9H,2,4H2,1H3. The van der Waals surface area contributed by atoms with Crippen LogP contribution in [0, 0.1) is 0 Å². The normalized spacial score (nSPS) is 15.4. The molecule has 1 nitrogen and oxygen atoms in total. The Bertz CT molecular complexity index is 396. The average molecular weight is 203 g/mol. The van der Waals surface area contributed by atoms with Gasteiger partial charge in [0.05, 0.1) is 5.69 Å². The average Bonchev–Trinajstić information content (AvgIpc) is 2.53. The number of aromatic nitrogens is 1. The maximum atomic E-state index is 4.56. The lowest BCUT2D eigenvalue weighted by Crippen LogP contribution is -1.82. The fourth-order valence-corrected chi connectivity index (χ4v) is 2.23. The molecule has 2 heteroatoms. The van der Waals surface area contributed by atoms with E-state index in [1.165, 1.54) is 11.3 Å². The zero-order valence-corrected chi connectivity index (χ0v) is 9.05. The van der Waals surface area contributed by atoms with E-state index in [0.29, 0.717) is 0 Å². The highest BCUT2D eigenvalue weighted by atomic mass is 32.1. The molecule has 0 aliphatic heterocycles. The summed E-state index contributed by atoms with van der Waals surface area (Å²) in [7, 11) is 0. The lowest BCUT2D eigenvalue weighted by atomic mass is 10.2. The summed E-state index contributed by atoms with van der Waals surface area (Å²) in [4.78, 5) is 4.56. The summed E-state index contributed by atoms with van der Waals surface area (Å²) in [5.41, 5.74) is 2.41. The van der Waals surface area contributed by atoms with Crippen molar-refractivity contribution in [3.8, 4) is 0 Å². The largest absolute Gasteiger partial charge is 0.241 e. The molecule has 0 atom stereocenters. The molecule has 0 saturated heterocycles. The second-order valence-corrected chi connectivity index (χ2v) is 4.04. The van der Waals surface area contributed by atoms with Gasteiger partial charge >= 0.3 is 0 Å². The number of aryl methyl sites for hydroxylation is 1. The molecule has 0 saturated carbocycles. The Labute approximate surface area is 88.5 Å². The van der Waals surface area contributed by atoms with Crippen LogP contribution >= 0.6 is 11.3 Å². The molecule has 0 aromatic carbocycles. The van der Waals surface area contributed by atoms with Gasteiger partial charge < -0.3 is 0 Å². The van der Waals surface area contributed by atoms with E-state index in [1.54, 1.807) is 11.3 Å². The number of nitrogens with zero attached hydrogens (tertiary/aromatic N) is 1. The molecular weight excluding hydrogens is 190 g/mol. The Kier molecular flexibility index (Phi) is 2.94. The Morgan fingerprint density at radius 3 is 3.14 bits per heavy atom. The molecular formula is C12H13NS. The highest BCUT2D eigenvalue weighted by Crippen LogP contribution is 2.22. The molecule has 0 radical (unpaired) electrons. The number of thiazole rings is 1. The highest BCUT2D eigenvalue weighted by molar-refractivity contribution is 7.10. The van der Waals surface area contributed by atoms with E-state index < -0.39 is 0 Å². The smallest absolute Gasteiger partial charge is 0.123 e. The summed E-state index contributed by atoms with van der Waals surface area (Å²) < 4.78 is 0. The van der Waals surface area contributed by atoms with E-state index in [9.17, 15) is 0 Å². The fraction of sp³-hybridized carbons (Fsp3) is 0.250. The van der Waals surface area contributed by atoms with Gasteiger partial charge in [-0.2, -0.15) is 0 Å². The van der Waals surface area contributed by atoms with Crippen molar-refractivity contribution in [3.05, 3.63) is 46.5 Å². The zero-order chi connectivity index (χ0) is 9.80. The van der Waals surface area contributed by atoms with Crippen molar-refractivity contribution in [1.29, 1.82) is 0 Å². The molecule has 0 fully saturated rings. The van der Waals surface area contributed by atoms with Crippen molar-refractivity contribution in [3.63, 3.8) is 0 Å². The first-order valence-electron chi connectivity index (χ1n) is 4.88. The van der Waals surface area contributed by atoms with Crippen molar-refractivity contribution >= 4 is 16.9 Å². The zero-order valence-electron chi connectivity index (χ0n) is 8.23. The van der Waals surface area contributed by atoms with Crippen LogP contribution in [0.25, 0.3) is 5.57 Å². The van der Waals surface area contributed by atoms with Crippen LogP contribution < -0.4 is 0 Å². The SMILES string of the molecule is CCc1csc(C2=CC=CCC=C2)n1. The first-order valence-corrected chi connectivity index (χ1v) is 5.76. The van der Waals surface area contributed by atoms with Gasteiger partial charge in [0, 0.05) is 11.0 Å². The molecule has 0 unspecified atom stereocenters.